The Balaban J connectivity index is 2.11. The Morgan fingerprint density at radius 3 is 2.65 bits per heavy atom. The van der Waals surface area contributed by atoms with Crippen LogP contribution in [0.5, 0.6) is 0 Å². The van der Waals surface area contributed by atoms with E-state index in [2.05, 4.69) is 11.6 Å². The number of hydrogen-bond acceptors (Lipinski definition) is 4. The number of nitrogens with one attached hydrogen (secondary N) is 1. The lowest BCUT2D eigenvalue weighted by Gasteiger charge is -2.31. The van der Waals surface area contributed by atoms with Gasteiger partial charge in [-0.1, -0.05) is 0 Å². The fraction of sp³-hybridized carbons (Fsp3) is 0.846. The molecule has 2 N–H and O–H groups in total. The van der Waals surface area contributed by atoms with Gasteiger partial charge in [-0.2, -0.15) is 11.8 Å². The van der Waals surface area contributed by atoms with Crippen LogP contribution < -0.4 is 5.32 Å². The SMILES string of the molecule is CSCCCCNC(=O)N1CCC(OCC(=O)O)CC1. The van der Waals surface area contributed by atoms with Gasteiger partial charge in [0.25, 0.3) is 0 Å². The molecule has 1 heterocycles. The first-order chi connectivity index (χ1) is 9.63. The summed E-state index contributed by atoms with van der Waals surface area (Å²) in [4.78, 5) is 24.1. The Morgan fingerprint density at radius 1 is 1.35 bits per heavy atom. The van der Waals surface area contributed by atoms with Crippen LogP contribution in [0.1, 0.15) is 25.7 Å². The van der Waals surface area contributed by atoms with Crippen molar-refractivity contribution >= 4 is 23.8 Å². The normalized spacial score (nSPS) is 16.1. The summed E-state index contributed by atoms with van der Waals surface area (Å²) in [5.74, 6) is 0.178. The first-order valence-corrected chi connectivity index (χ1v) is 8.38. The van der Waals surface area contributed by atoms with E-state index in [1.807, 2.05) is 11.8 Å². The minimum Gasteiger partial charge on any atom is -0.480 e. The van der Waals surface area contributed by atoms with Crippen molar-refractivity contribution in [3.63, 3.8) is 0 Å². The van der Waals surface area contributed by atoms with Crippen LogP contribution in [0.25, 0.3) is 0 Å². The standard InChI is InChI=1S/C13H24N2O4S/c1-20-9-3-2-6-14-13(18)15-7-4-11(5-8-15)19-10-12(16)17/h11H,2-10H2,1H3,(H,14,18)(H,16,17). The Kier molecular flexibility index (Phi) is 8.45. The van der Waals surface area contributed by atoms with E-state index < -0.39 is 5.97 Å². The van der Waals surface area contributed by atoms with Gasteiger partial charge in [-0.3, -0.25) is 0 Å². The second-order valence-corrected chi connectivity index (χ2v) is 5.81. The van der Waals surface area contributed by atoms with Crippen molar-refractivity contribution in [2.45, 2.75) is 31.8 Å². The average molecular weight is 304 g/mol. The molecule has 1 rings (SSSR count). The van der Waals surface area contributed by atoms with Crippen molar-refractivity contribution in [3.05, 3.63) is 0 Å². The number of piperidine rings is 1. The molecule has 0 unspecified atom stereocenters. The molecule has 1 fully saturated rings. The molecule has 2 amide bonds. The number of carbonyl (C=O) groups excluding carboxylic acids is 1. The van der Waals surface area contributed by atoms with E-state index in [-0.39, 0.29) is 18.7 Å². The summed E-state index contributed by atoms with van der Waals surface area (Å²) >= 11 is 1.82. The second kappa shape index (κ2) is 9.88. The number of unbranched alkanes of at least 4 members (excludes halogenated alkanes) is 1. The summed E-state index contributed by atoms with van der Waals surface area (Å²) in [6.07, 6.45) is 5.56. The van der Waals surface area contributed by atoms with Crippen LogP contribution in [0.3, 0.4) is 0 Å². The van der Waals surface area contributed by atoms with Gasteiger partial charge in [0, 0.05) is 19.6 Å². The minimum absolute atomic E-state index is 0.0224. The zero-order chi connectivity index (χ0) is 14.8. The lowest BCUT2D eigenvalue weighted by molar-refractivity contribution is -0.145. The number of nitrogens with zero attached hydrogens (tertiary/aromatic N) is 1. The molecule has 0 bridgehead atoms. The zero-order valence-corrected chi connectivity index (χ0v) is 12.8. The quantitative estimate of drug-likeness (QED) is 0.663. The third-order valence-electron chi connectivity index (χ3n) is 3.22. The van der Waals surface area contributed by atoms with Crippen molar-refractivity contribution in [3.8, 4) is 0 Å². The third kappa shape index (κ3) is 7.00. The van der Waals surface area contributed by atoms with E-state index in [0.717, 1.165) is 25.1 Å². The number of hydrogen-bond donors (Lipinski definition) is 2. The maximum atomic E-state index is 11.9. The van der Waals surface area contributed by atoms with Gasteiger partial charge < -0.3 is 20.1 Å². The molecule has 116 valence electrons. The number of carbonyl (C=O) groups is 2. The van der Waals surface area contributed by atoms with Gasteiger partial charge in [0.15, 0.2) is 0 Å². The smallest absolute Gasteiger partial charge is 0.329 e. The number of amides is 2. The Bertz CT molecular complexity index is 307. The largest absolute Gasteiger partial charge is 0.480 e. The van der Waals surface area contributed by atoms with E-state index in [4.69, 9.17) is 9.84 Å². The van der Waals surface area contributed by atoms with Gasteiger partial charge in [-0.15, -0.1) is 0 Å². The molecule has 1 aliphatic rings. The molecule has 0 spiro atoms. The number of rotatable bonds is 8. The van der Waals surface area contributed by atoms with Gasteiger partial charge in [0.2, 0.25) is 0 Å². The Hall–Kier alpha value is -0.950. The van der Waals surface area contributed by atoms with E-state index in [0.29, 0.717) is 25.9 Å². The number of urea groups is 1. The van der Waals surface area contributed by atoms with E-state index in [9.17, 15) is 9.59 Å². The summed E-state index contributed by atoms with van der Waals surface area (Å²) in [6.45, 7) is 1.71. The molecule has 6 nitrogen and oxygen atoms in total. The number of carboxylic acid groups (broad SMARTS) is 1. The topological polar surface area (TPSA) is 78.9 Å². The van der Waals surface area contributed by atoms with Crippen molar-refractivity contribution < 1.29 is 19.4 Å². The molecule has 20 heavy (non-hydrogen) atoms. The molecule has 0 saturated carbocycles. The first-order valence-electron chi connectivity index (χ1n) is 6.98. The van der Waals surface area contributed by atoms with Crippen LogP contribution >= 0.6 is 11.8 Å². The van der Waals surface area contributed by atoms with Gasteiger partial charge in [-0.05, 0) is 37.7 Å². The summed E-state index contributed by atoms with van der Waals surface area (Å²) in [5, 5.41) is 11.5. The van der Waals surface area contributed by atoms with Crippen LogP contribution in [0.2, 0.25) is 0 Å². The highest BCUT2D eigenvalue weighted by atomic mass is 32.2. The van der Waals surface area contributed by atoms with E-state index in [1.165, 1.54) is 0 Å². The predicted octanol–water partition coefficient (Wildman–Crippen LogP) is 1.40. The van der Waals surface area contributed by atoms with Crippen molar-refractivity contribution in [2.75, 3.05) is 38.2 Å². The molecule has 0 atom stereocenters. The average Bonchev–Trinajstić information content (AvgIpc) is 2.45. The highest BCUT2D eigenvalue weighted by Crippen LogP contribution is 2.13. The summed E-state index contributed by atoms with van der Waals surface area (Å²) < 4.78 is 5.24. The first kappa shape index (κ1) is 17.1. The monoisotopic (exact) mass is 304 g/mol. The van der Waals surface area contributed by atoms with E-state index in [1.54, 1.807) is 4.90 Å². The maximum absolute atomic E-state index is 11.9. The van der Waals surface area contributed by atoms with Gasteiger partial charge in [-0.25, -0.2) is 9.59 Å². The van der Waals surface area contributed by atoms with Crippen LogP contribution in [-0.2, 0) is 9.53 Å². The number of likely N-dealkylation sites (tertiary alicyclic amines) is 1. The molecule has 0 aromatic carbocycles. The van der Waals surface area contributed by atoms with Crippen molar-refractivity contribution in [1.82, 2.24) is 10.2 Å². The molecular formula is C13H24N2O4S. The third-order valence-corrected chi connectivity index (χ3v) is 3.92. The Labute approximate surface area is 124 Å². The molecule has 0 aromatic rings. The lowest BCUT2D eigenvalue weighted by Crippen LogP contribution is -2.46. The summed E-state index contributed by atoms with van der Waals surface area (Å²) in [5.41, 5.74) is 0. The molecule has 0 aliphatic carbocycles. The van der Waals surface area contributed by atoms with Crippen LogP contribution in [0, 0.1) is 0 Å². The molecule has 0 aromatic heterocycles. The fourth-order valence-electron chi connectivity index (χ4n) is 2.09. The second-order valence-electron chi connectivity index (χ2n) is 4.82. The van der Waals surface area contributed by atoms with Crippen LogP contribution in [0.4, 0.5) is 4.79 Å². The van der Waals surface area contributed by atoms with Gasteiger partial charge in [0.1, 0.15) is 6.61 Å². The van der Waals surface area contributed by atoms with Crippen molar-refractivity contribution in [2.24, 2.45) is 0 Å². The zero-order valence-electron chi connectivity index (χ0n) is 12.0. The predicted molar refractivity (Wildman–Crippen MR) is 79.2 cm³/mol. The highest BCUT2D eigenvalue weighted by molar-refractivity contribution is 7.98. The summed E-state index contributed by atoms with van der Waals surface area (Å²) in [7, 11) is 0. The van der Waals surface area contributed by atoms with Crippen LogP contribution in [0.15, 0.2) is 0 Å². The molecule has 7 heteroatoms. The number of ether oxygens (including phenoxy) is 1. The number of aliphatic carboxylic acids is 1. The van der Waals surface area contributed by atoms with Crippen LogP contribution in [-0.4, -0.2) is 66.4 Å². The summed E-state index contributed by atoms with van der Waals surface area (Å²) in [6, 6.07) is -0.0224. The highest BCUT2D eigenvalue weighted by Gasteiger charge is 2.23. The molecular weight excluding hydrogens is 280 g/mol. The number of thioether (sulfide) groups is 1. The fourth-order valence-corrected chi connectivity index (χ4v) is 2.59. The van der Waals surface area contributed by atoms with Gasteiger partial charge in [0.05, 0.1) is 6.10 Å². The Morgan fingerprint density at radius 2 is 2.05 bits per heavy atom. The minimum atomic E-state index is -0.949. The maximum Gasteiger partial charge on any atom is 0.329 e. The molecule has 1 aliphatic heterocycles. The van der Waals surface area contributed by atoms with Crippen molar-refractivity contribution in [1.29, 1.82) is 0 Å². The molecule has 1 saturated heterocycles. The van der Waals surface area contributed by atoms with Gasteiger partial charge >= 0.3 is 12.0 Å². The van der Waals surface area contributed by atoms with E-state index >= 15 is 0 Å². The molecule has 0 radical (unpaired) electrons. The number of carboxylic acids is 1. The lowest BCUT2D eigenvalue weighted by atomic mass is 10.1.